The number of nitrogens with zero attached hydrogens (tertiary/aromatic N) is 1. The summed E-state index contributed by atoms with van der Waals surface area (Å²) in [7, 11) is -2.79. The number of rotatable bonds is 6. The lowest BCUT2D eigenvalue weighted by Crippen LogP contribution is -2.36. The maximum atomic E-state index is 13.7. The number of hydrogen-bond donors (Lipinski definition) is 0. The summed E-state index contributed by atoms with van der Waals surface area (Å²) in [5.74, 6) is 0.280. The molecule has 0 fully saturated rings. The maximum absolute atomic E-state index is 13.7. The highest BCUT2D eigenvalue weighted by atomic mass is 35.5. The number of halogens is 1. The smallest absolute Gasteiger partial charge is 0.337 e. The highest BCUT2D eigenvalue weighted by Crippen LogP contribution is 2.35. The van der Waals surface area contributed by atoms with Gasteiger partial charge in [0.1, 0.15) is 13.2 Å². The van der Waals surface area contributed by atoms with Crippen LogP contribution in [0.2, 0.25) is 5.02 Å². The third kappa shape index (κ3) is 4.03. The first-order chi connectivity index (χ1) is 15.1. The summed E-state index contributed by atoms with van der Waals surface area (Å²) in [6.45, 7) is 3.69. The van der Waals surface area contributed by atoms with Crippen molar-refractivity contribution >= 4 is 38.5 Å². The molecule has 1 aliphatic heterocycles. The molecule has 10 heteroatoms. The Morgan fingerprint density at radius 2 is 1.81 bits per heavy atom. The second kappa shape index (κ2) is 8.31. The highest BCUT2D eigenvalue weighted by molar-refractivity contribution is 7.90. The van der Waals surface area contributed by atoms with Crippen molar-refractivity contribution in [3.8, 4) is 11.5 Å². The van der Waals surface area contributed by atoms with Crippen LogP contribution in [0.1, 0.15) is 19.5 Å². The van der Waals surface area contributed by atoms with Crippen LogP contribution in [0, 0.1) is 0 Å². The minimum absolute atomic E-state index is 0.0303. The Kier molecular flexibility index (Phi) is 5.83. The first kappa shape index (κ1) is 22.4. The molecule has 2 aromatic carbocycles. The standard InChI is InChI=1S/C22H22ClNO7S/c1-22(2,21(25)28-3)31-13-16-11-14-10-15(23)4-6-18(14)24(16)32(26,27)17-5-7-19-20(12-17)30-9-8-29-19/h4-7,10-12H,8-9,13H2,1-3H3. The number of ether oxygens (including phenoxy) is 4. The molecule has 0 saturated heterocycles. The van der Waals surface area contributed by atoms with E-state index in [9.17, 15) is 13.2 Å². The number of fused-ring (bicyclic) bond motifs is 2. The number of hydrogen-bond acceptors (Lipinski definition) is 7. The van der Waals surface area contributed by atoms with Gasteiger partial charge in [0.15, 0.2) is 17.1 Å². The van der Waals surface area contributed by atoms with Gasteiger partial charge in [-0.2, -0.15) is 0 Å². The van der Waals surface area contributed by atoms with E-state index < -0.39 is 21.6 Å². The van der Waals surface area contributed by atoms with E-state index in [0.717, 1.165) is 0 Å². The first-order valence-corrected chi connectivity index (χ1v) is 11.6. The molecule has 4 rings (SSSR count). The van der Waals surface area contributed by atoms with Crippen molar-refractivity contribution in [2.45, 2.75) is 31.0 Å². The van der Waals surface area contributed by atoms with Gasteiger partial charge >= 0.3 is 5.97 Å². The van der Waals surface area contributed by atoms with Crippen LogP contribution in [0.25, 0.3) is 10.9 Å². The summed E-state index contributed by atoms with van der Waals surface area (Å²) < 4.78 is 50.2. The topological polar surface area (TPSA) is 93.1 Å². The molecule has 0 saturated carbocycles. The van der Waals surface area contributed by atoms with Crippen LogP contribution in [0.5, 0.6) is 11.5 Å². The summed E-state index contributed by atoms with van der Waals surface area (Å²) >= 11 is 6.12. The van der Waals surface area contributed by atoms with Crippen molar-refractivity contribution in [2.24, 2.45) is 0 Å². The Hall–Kier alpha value is -2.75. The molecule has 8 nitrogen and oxygen atoms in total. The van der Waals surface area contributed by atoms with Crippen LogP contribution in [0.4, 0.5) is 0 Å². The Morgan fingerprint density at radius 3 is 2.53 bits per heavy atom. The normalized spacial score (nSPS) is 13.9. The van der Waals surface area contributed by atoms with Crippen LogP contribution < -0.4 is 9.47 Å². The molecule has 3 aromatic rings. The van der Waals surface area contributed by atoms with Gasteiger partial charge in [-0.05, 0) is 50.2 Å². The van der Waals surface area contributed by atoms with Crippen LogP contribution in [0.15, 0.2) is 47.4 Å². The molecular weight excluding hydrogens is 458 g/mol. The molecule has 32 heavy (non-hydrogen) atoms. The van der Waals surface area contributed by atoms with E-state index in [4.69, 9.17) is 30.5 Å². The van der Waals surface area contributed by atoms with Gasteiger partial charge in [-0.15, -0.1) is 0 Å². The molecule has 0 bridgehead atoms. The monoisotopic (exact) mass is 479 g/mol. The minimum Gasteiger partial charge on any atom is -0.486 e. The largest absolute Gasteiger partial charge is 0.486 e. The van der Waals surface area contributed by atoms with Gasteiger partial charge in [0.25, 0.3) is 10.0 Å². The molecule has 0 amide bonds. The molecule has 0 radical (unpaired) electrons. The molecule has 0 atom stereocenters. The maximum Gasteiger partial charge on any atom is 0.337 e. The van der Waals surface area contributed by atoms with E-state index in [1.165, 1.54) is 23.2 Å². The van der Waals surface area contributed by atoms with Gasteiger partial charge in [-0.1, -0.05) is 11.6 Å². The van der Waals surface area contributed by atoms with Crippen molar-refractivity contribution in [1.29, 1.82) is 0 Å². The fourth-order valence-electron chi connectivity index (χ4n) is 3.45. The Labute approximate surface area is 190 Å². The SMILES string of the molecule is COC(=O)C(C)(C)OCc1cc2cc(Cl)ccc2n1S(=O)(=O)c1ccc2c(c1)OCCO2. The van der Waals surface area contributed by atoms with E-state index >= 15 is 0 Å². The van der Waals surface area contributed by atoms with Crippen molar-refractivity contribution in [3.05, 3.63) is 53.2 Å². The van der Waals surface area contributed by atoms with E-state index in [1.54, 1.807) is 44.2 Å². The Balaban J connectivity index is 1.81. The lowest BCUT2D eigenvalue weighted by molar-refractivity contribution is -0.166. The molecule has 170 valence electrons. The number of carbonyl (C=O) groups excluding carboxylic acids is 1. The van der Waals surface area contributed by atoms with E-state index in [2.05, 4.69) is 0 Å². The van der Waals surface area contributed by atoms with Gasteiger partial charge < -0.3 is 18.9 Å². The second-order valence-electron chi connectivity index (χ2n) is 7.70. The van der Waals surface area contributed by atoms with Crippen LogP contribution in [0.3, 0.4) is 0 Å². The molecule has 1 aliphatic rings. The summed E-state index contributed by atoms with van der Waals surface area (Å²) in [6.07, 6.45) is 0. The zero-order valence-corrected chi connectivity index (χ0v) is 19.3. The minimum atomic E-state index is -4.05. The fourth-order valence-corrected chi connectivity index (χ4v) is 5.18. The first-order valence-electron chi connectivity index (χ1n) is 9.81. The zero-order valence-electron chi connectivity index (χ0n) is 17.8. The third-order valence-electron chi connectivity index (χ3n) is 5.10. The third-order valence-corrected chi connectivity index (χ3v) is 7.10. The van der Waals surface area contributed by atoms with Crippen LogP contribution >= 0.6 is 11.6 Å². The Morgan fingerprint density at radius 1 is 1.09 bits per heavy atom. The average molecular weight is 480 g/mol. The highest BCUT2D eigenvalue weighted by Gasteiger charge is 2.32. The van der Waals surface area contributed by atoms with Crippen LogP contribution in [-0.4, -0.2) is 44.3 Å². The molecular formula is C22H22ClNO7S. The molecule has 0 spiro atoms. The summed E-state index contributed by atoms with van der Waals surface area (Å²) in [5.41, 5.74) is -0.512. The Bertz CT molecular complexity index is 1300. The molecule has 0 N–H and O–H groups in total. The zero-order chi connectivity index (χ0) is 23.1. The number of aromatic nitrogens is 1. The molecule has 0 aliphatic carbocycles. The van der Waals surface area contributed by atoms with Gasteiger partial charge in [0.05, 0.1) is 29.8 Å². The van der Waals surface area contributed by atoms with Crippen LogP contribution in [-0.2, 0) is 30.9 Å². The van der Waals surface area contributed by atoms with Gasteiger partial charge in [-0.25, -0.2) is 17.2 Å². The number of esters is 1. The molecule has 2 heterocycles. The van der Waals surface area contributed by atoms with Crippen molar-refractivity contribution < 1.29 is 32.2 Å². The summed E-state index contributed by atoms with van der Waals surface area (Å²) in [4.78, 5) is 12.0. The van der Waals surface area contributed by atoms with E-state index in [-0.39, 0.29) is 11.5 Å². The lowest BCUT2D eigenvalue weighted by atomic mass is 10.1. The lowest BCUT2D eigenvalue weighted by Gasteiger charge is -2.23. The van der Waals surface area contributed by atoms with E-state index in [0.29, 0.717) is 46.3 Å². The fraction of sp³-hybridized carbons (Fsp3) is 0.318. The predicted molar refractivity (Wildman–Crippen MR) is 118 cm³/mol. The number of carbonyl (C=O) groups is 1. The van der Waals surface area contributed by atoms with Gasteiger partial charge in [0, 0.05) is 16.5 Å². The van der Waals surface area contributed by atoms with E-state index in [1.807, 2.05) is 0 Å². The molecule has 1 aromatic heterocycles. The number of methoxy groups -OCH3 is 1. The average Bonchev–Trinajstić information content (AvgIpc) is 3.15. The summed E-state index contributed by atoms with van der Waals surface area (Å²) in [6, 6.07) is 11.1. The second-order valence-corrected chi connectivity index (χ2v) is 9.93. The van der Waals surface area contributed by atoms with Crippen molar-refractivity contribution in [3.63, 3.8) is 0 Å². The van der Waals surface area contributed by atoms with Gasteiger partial charge in [0.2, 0.25) is 0 Å². The van der Waals surface area contributed by atoms with Crippen molar-refractivity contribution in [1.82, 2.24) is 3.97 Å². The molecule has 0 unspecified atom stereocenters. The van der Waals surface area contributed by atoms with Gasteiger partial charge in [-0.3, -0.25) is 0 Å². The summed E-state index contributed by atoms with van der Waals surface area (Å²) in [5, 5.41) is 1.09. The number of benzene rings is 2. The van der Waals surface area contributed by atoms with Crippen molar-refractivity contribution in [2.75, 3.05) is 20.3 Å². The predicted octanol–water partition coefficient (Wildman–Crippen LogP) is 3.77. The quantitative estimate of drug-likeness (QED) is 0.497.